The van der Waals surface area contributed by atoms with Gasteiger partial charge in [-0.05, 0) is 42.3 Å². The smallest absolute Gasteiger partial charge is 0.311 e. The fraction of sp³-hybridized carbons (Fsp3) is 0.263. The van der Waals surface area contributed by atoms with Crippen LogP contribution in [0.2, 0.25) is 10.0 Å². The number of rotatable bonds is 6. The molecule has 1 heterocycles. The summed E-state index contributed by atoms with van der Waals surface area (Å²) in [6.45, 7) is 1.99. The molecular formula is C19H17Cl2NO5. The van der Waals surface area contributed by atoms with E-state index in [1.165, 1.54) is 6.92 Å². The van der Waals surface area contributed by atoms with Gasteiger partial charge in [-0.3, -0.25) is 9.59 Å². The molecule has 1 atom stereocenters. The molecule has 6 nitrogen and oxygen atoms in total. The van der Waals surface area contributed by atoms with Gasteiger partial charge in [-0.15, -0.1) is 0 Å². The maximum Gasteiger partial charge on any atom is 0.311 e. The van der Waals surface area contributed by atoms with Crippen molar-refractivity contribution in [3.63, 3.8) is 0 Å². The molecule has 0 aromatic heterocycles. The number of hydrogen-bond acceptors (Lipinski definition) is 5. The Kier molecular flexibility index (Phi) is 6.08. The van der Waals surface area contributed by atoms with Gasteiger partial charge in [-0.25, -0.2) is 0 Å². The number of esters is 1. The Hall–Kier alpha value is -2.44. The first kappa shape index (κ1) is 19.3. The monoisotopic (exact) mass is 409 g/mol. The van der Waals surface area contributed by atoms with Crippen molar-refractivity contribution in [1.29, 1.82) is 0 Å². The van der Waals surface area contributed by atoms with E-state index in [4.69, 9.17) is 37.4 Å². The van der Waals surface area contributed by atoms with Crippen molar-refractivity contribution in [2.75, 3.05) is 6.79 Å². The fourth-order valence-corrected chi connectivity index (χ4v) is 2.81. The highest BCUT2D eigenvalue weighted by molar-refractivity contribution is 6.42. The molecule has 27 heavy (non-hydrogen) atoms. The first-order valence-corrected chi connectivity index (χ1v) is 8.97. The molecule has 0 fully saturated rings. The van der Waals surface area contributed by atoms with Crippen molar-refractivity contribution >= 4 is 35.1 Å². The average molecular weight is 410 g/mol. The van der Waals surface area contributed by atoms with Crippen LogP contribution in [0.4, 0.5) is 0 Å². The zero-order valence-corrected chi connectivity index (χ0v) is 16.0. The van der Waals surface area contributed by atoms with E-state index in [9.17, 15) is 9.59 Å². The Labute approximate surface area is 166 Å². The van der Waals surface area contributed by atoms with Crippen molar-refractivity contribution in [3.8, 4) is 11.5 Å². The maximum absolute atomic E-state index is 12.2. The lowest BCUT2D eigenvalue weighted by molar-refractivity contribution is -0.154. The van der Waals surface area contributed by atoms with Gasteiger partial charge in [0.1, 0.15) is 0 Å². The predicted octanol–water partition coefficient (Wildman–Crippen LogP) is 3.51. The van der Waals surface area contributed by atoms with Crippen LogP contribution in [0, 0.1) is 0 Å². The maximum atomic E-state index is 12.2. The number of hydrogen-bond donors (Lipinski definition) is 1. The van der Waals surface area contributed by atoms with Gasteiger partial charge in [-0.2, -0.15) is 0 Å². The van der Waals surface area contributed by atoms with Crippen LogP contribution in [-0.2, 0) is 27.3 Å². The van der Waals surface area contributed by atoms with Crippen LogP contribution in [0.3, 0.4) is 0 Å². The van der Waals surface area contributed by atoms with E-state index >= 15 is 0 Å². The molecule has 0 radical (unpaired) electrons. The van der Waals surface area contributed by atoms with Gasteiger partial charge >= 0.3 is 5.97 Å². The summed E-state index contributed by atoms with van der Waals surface area (Å²) in [4.78, 5) is 24.2. The number of benzene rings is 2. The molecule has 0 saturated heterocycles. The molecule has 1 aliphatic heterocycles. The summed E-state index contributed by atoms with van der Waals surface area (Å²) >= 11 is 11.8. The summed E-state index contributed by atoms with van der Waals surface area (Å²) in [5.41, 5.74) is 1.50. The average Bonchev–Trinajstić information content (AvgIpc) is 3.10. The minimum Gasteiger partial charge on any atom is -0.454 e. The van der Waals surface area contributed by atoms with Crippen LogP contribution in [-0.4, -0.2) is 24.8 Å². The van der Waals surface area contributed by atoms with Crippen LogP contribution in [0.15, 0.2) is 36.4 Å². The van der Waals surface area contributed by atoms with Crippen molar-refractivity contribution in [2.24, 2.45) is 0 Å². The first-order valence-electron chi connectivity index (χ1n) is 8.22. The second-order valence-electron chi connectivity index (χ2n) is 5.96. The summed E-state index contributed by atoms with van der Waals surface area (Å²) in [7, 11) is 0. The fourth-order valence-electron chi connectivity index (χ4n) is 2.49. The summed E-state index contributed by atoms with van der Waals surface area (Å²) in [5, 5.41) is 3.49. The molecule has 1 amide bonds. The van der Waals surface area contributed by atoms with Crippen molar-refractivity contribution in [3.05, 3.63) is 57.6 Å². The standard InChI is InChI=1S/C19H17Cl2NO5/c1-11(27-18(23)8-12-2-4-14(20)15(21)6-12)19(24)22-9-13-3-5-16-17(7-13)26-10-25-16/h2-7,11H,8-10H2,1H3,(H,22,24)/t11-/m0/s1. The minimum atomic E-state index is -0.922. The molecule has 0 saturated carbocycles. The van der Waals surface area contributed by atoms with Gasteiger partial charge < -0.3 is 19.5 Å². The first-order chi connectivity index (χ1) is 12.9. The Morgan fingerprint density at radius 1 is 1.07 bits per heavy atom. The predicted molar refractivity (Wildman–Crippen MR) is 100 cm³/mol. The highest BCUT2D eigenvalue weighted by Crippen LogP contribution is 2.32. The number of halogens is 2. The molecule has 8 heteroatoms. The summed E-state index contributed by atoms with van der Waals surface area (Å²) in [6.07, 6.45) is -0.925. The topological polar surface area (TPSA) is 73.9 Å². The number of carbonyl (C=O) groups is 2. The lowest BCUT2D eigenvalue weighted by atomic mass is 10.1. The van der Waals surface area contributed by atoms with Gasteiger partial charge in [0, 0.05) is 6.54 Å². The Bertz CT molecular complexity index is 871. The Morgan fingerprint density at radius 3 is 2.59 bits per heavy atom. The lowest BCUT2D eigenvalue weighted by Crippen LogP contribution is -2.35. The van der Waals surface area contributed by atoms with Crippen LogP contribution in [0.25, 0.3) is 0 Å². The van der Waals surface area contributed by atoms with Gasteiger partial charge in [0.25, 0.3) is 5.91 Å². The van der Waals surface area contributed by atoms with E-state index in [-0.39, 0.29) is 19.8 Å². The highest BCUT2D eigenvalue weighted by Gasteiger charge is 2.19. The van der Waals surface area contributed by atoms with Crippen molar-refractivity contribution < 1.29 is 23.8 Å². The third-order valence-electron chi connectivity index (χ3n) is 3.91. The molecule has 0 unspecified atom stereocenters. The number of ether oxygens (including phenoxy) is 3. The third-order valence-corrected chi connectivity index (χ3v) is 4.65. The molecule has 0 aliphatic carbocycles. The molecule has 2 aromatic rings. The van der Waals surface area contributed by atoms with E-state index in [0.717, 1.165) is 5.56 Å². The number of amides is 1. The molecule has 1 aliphatic rings. The van der Waals surface area contributed by atoms with Crippen molar-refractivity contribution in [2.45, 2.75) is 26.0 Å². The Morgan fingerprint density at radius 2 is 1.81 bits per heavy atom. The highest BCUT2D eigenvalue weighted by atomic mass is 35.5. The van der Waals surface area contributed by atoms with E-state index in [0.29, 0.717) is 27.1 Å². The zero-order valence-electron chi connectivity index (χ0n) is 14.5. The lowest BCUT2D eigenvalue weighted by Gasteiger charge is -2.14. The molecule has 0 spiro atoms. The quantitative estimate of drug-likeness (QED) is 0.738. The molecule has 0 bridgehead atoms. The van der Waals surface area contributed by atoms with Crippen molar-refractivity contribution in [1.82, 2.24) is 5.32 Å². The minimum absolute atomic E-state index is 0.00330. The Balaban J connectivity index is 1.48. The molecule has 142 valence electrons. The van der Waals surface area contributed by atoms with E-state index in [1.807, 2.05) is 6.07 Å². The SMILES string of the molecule is C[C@H](OC(=O)Cc1ccc(Cl)c(Cl)c1)C(=O)NCc1ccc2c(c1)OCO2. The zero-order chi connectivity index (χ0) is 19.4. The summed E-state index contributed by atoms with van der Waals surface area (Å²) in [6, 6.07) is 10.3. The second-order valence-corrected chi connectivity index (χ2v) is 6.78. The van der Waals surface area contributed by atoms with Crippen LogP contribution >= 0.6 is 23.2 Å². The van der Waals surface area contributed by atoms with Crippen LogP contribution < -0.4 is 14.8 Å². The van der Waals surface area contributed by atoms with Crippen LogP contribution in [0.5, 0.6) is 11.5 Å². The summed E-state index contributed by atoms with van der Waals surface area (Å²) < 4.78 is 15.7. The molecular weight excluding hydrogens is 393 g/mol. The molecule has 1 N–H and O–H groups in total. The van der Waals surface area contributed by atoms with E-state index < -0.39 is 18.0 Å². The summed E-state index contributed by atoms with van der Waals surface area (Å²) in [5.74, 6) is 0.395. The number of nitrogens with one attached hydrogen (secondary N) is 1. The van der Waals surface area contributed by atoms with E-state index in [1.54, 1.807) is 30.3 Å². The third kappa shape index (κ3) is 5.05. The van der Waals surface area contributed by atoms with Crippen LogP contribution in [0.1, 0.15) is 18.1 Å². The number of fused-ring (bicyclic) bond motifs is 1. The van der Waals surface area contributed by atoms with Gasteiger partial charge in [0.2, 0.25) is 6.79 Å². The molecule has 2 aromatic carbocycles. The van der Waals surface area contributed by atoms with E-state index in [2.05, 4.69) is 5.32 Å². The second kappa shape index (κ2) is 8.50. The van der Waals surface area contributed by atoms with Gasteiger partial charge in [-0.1, -0.05) is 35.3 Å². The van der Waals surface area contributed by atoms with Gasteiger partial charge in [0.15, 0.2) is 17.6 Å². The van der Waals surface area contributed by atoms with Gasteiger partial charge in [0.05, 0.1) is 16.5 Å². The largest absolute Gasteiger partial charge is 0.454 e. The molecule has 3 rings (SSSR count). The number of carbonyl (C=O) groups excluding carboxylic acids is 2. The normalized spacial score (nSPS) is 13.1.